The highest BCUT2D eigenvalue weighted by Crippen LogP contribution is 2.21. The molecule has 0 atom stereocenters. The minimum atomic E-state index is -0.210. The molecule has 1 amide bonds. The predicted octanol–water partition coefficient (Wildman–Crippen LogP) is 5.65. The van der Waals surface area contributed by atoms with Gasteiger partial charge in [-0.25, -0.2) is 0 Å². The van der Waals surface area contributed by atoms with E-state index in [2.05, 4.69) is 15.5 Å². The van der Waals surface area contributed by atoms with Gasteiger partial charge in [-0.3, -0.25) is 4.79 Å². The lowest BCUT2D eigenvalue weighted by atomic mass is 10.2. The van der Waals surface area contributed by atoms with Gasteiger partial charge in [-0.2, -0.15) is 4.80 Å². The number of hydrogen-bond donors (Lipinski definition) is 1. The number of hydrogen-bond acceptors (Lipinski definition) is 5. The van der Waals surface area contributed by atoms with Crippen molar-refractivity contribution in [3.63, 3.8) is 0 Å². The molecule has 1 aromatic heterocycles. The highest BCUT2D eigenvalue weighted by molar-refractivity contribution is 6.05. The summed E-state index contributed by atoms with van der Waals surface area (Å²) in [6.07, 6.45) is 0. The van der Waals surface area contributed by atoms with Crippen LogP contribution in [-0.4, -0.2) is 27.5 Å². The van der Waals surface area contributed by atoms with Crippen LogP contribution in [0.3, 0.4) is 0 Å². The van der Waals surface area contributed by atoms with Gasteiger partial charge < -0.3 is 14.8 Å². The van der Waals surface area contributed by atoms with Gasteiger partial charge in [-0.15, -0.1) is 10.2 Å². The van der Waals surface area contributed by atoms with Crippen molar-refractivity contribution in [2.45, 2.75) is 13.5 Å². The highest BCUT2D eigenvalue weighted by atomic mass is 16.5. The van der Waals surface area contributed by atoms with E-state index in [0.29, 0.717) is 35.7 Å². The quantitative estimate of drug-likeness (QED) is 0.321. The van der Waals surface area contributed by atoms with Crippen molar-refractivity contribution in [2.24, 2.45) is 0 Å². The van der Waals surface area contributed by atoms with Crippen LogP contribution in [0.15, 0.2) is 97.1 Å². The Kier molecular flexibility index (Phi) is 6.39. The number of aromatic nitrogens is 3. The molecular formula is C28H24N4O3. The van der Waals surface area contributed by atoms with Crippen molar-refractivity contribution in [1.29, 1.82) is 0 Å². The summed E-state index contributed by atoms with van der Waals surface area (Å²) in [6, 6.07) is 30.1. The van der Waals surface area contributed by atoms with Crippen LogP contribution in [0.2, 0.25) is 0 Å². The smallest absolute Gasteiger partial charge is 0.255 e. The standard InChI is InChI=1S/C28H24N4O3/c1-2-34-24-15-11-23(12-16-24)32-30-26-17-10-22(18-27(26)31-32)29-28(33)21-8-13-25(14-9-21)35-19-20-6-4-3-5-7-20/h3-18H,2,19H2,1H3,(H,29,33). The largest absolute Gasteiger partial charge is 0.494 e. The Hall–Kier alpha value is -4.65. The molecule has 1 N–H and O–H groups in total. The molecule has 0 spiro atoms. The molecule has 0 fully saturated rings. The van der Waals surface area contributed by atoms with Crippen molar-refractivity contribution in [1.82, 2.24) is 15.0 Å². The van der Waals surface area contributed by atoms with Gasteiger partial charge in [0.15, 0.2) is 0 Å². The Morgan fingerprint density at radius 3 is 2.23 bits per heavy atom. The fourth-order valence-corrected chi connectivity index (χ4v) is 3.60. The molecule has 5 rings (SSSR count). The van der Waals surface area contributed by atoms with Gasteiger partial charge in [-0.1, -0.05) is 30.3 Å². The molecule has 7 heteroatoms. The summed E-state index contributed by atoms with van der Waals surface area (Å²) in [5.74, 6) is 1.30. The van der Waals surface area contributed by atoms with Crippen molar-refractivity contribution in [3.8, 4) is 17.2 Å². The van der Waals surface area contributed by atoms with Gasteiger partial charge in [0.05, 0.1) is 12.3 Å². The molecular weight excluding hydrogens is 440 g/mol. The lowest BCUT2D eigenvalue weighted by Gasteiger charge is -2.08. The number of fused-ring (bicyclic) bond motifs is 1. The molecule has 174 valence electrons. The maximum absolute atomic E-state index is 12.7. The van der Waals surface area contributed by atoms with E-state index in [1.165, 1.54) is 0 Å². The van der Waals surface area contributed by atoms with Crippen molar-refractivity contribution in [3.05, 3.63) is 108 Å². The zero-order valence-corrected chi connectivity index (χ0v) is 19.2. The summed E-state index contributed by atoms with van der Waals surface area (Å²) >= 11 is 0. The number of rotatable bonds is 8. The Labute approximate surface area is 202 Å². The van der Waals surface area contributed by atoms with Gasteiger partial charge >= 0.3 is 0 Å². The number of carbonyl (C=O) groups excluding carboxylic acids is 1. The maximum atomic E-state index is 12.7. The average molecular weight is 465 g/mol. The Morgan fingerprint density at radius 1 is 0.800 bits per heavy atom. The number of carbonyl (C=O) groups is 1. The third-order valence-electron chi connectivity index (χ3n) is 5.38. The van der Waals surface area contributed by atoms with Crippen LogP contribution in [-0.2, 0) is 6.61 Å². The average Bonchev–Trinajstić information content (AvgIpc) is 3.32. The topological polar surface area (TPSA) is 78.3 Å². The first-order valence-electron chi connectivity index (χ1n) is 11.4. The monoisotopic (exact) mass is 464 g/mol. The first kappa shape index (κ1) is 22.2. The molecule has 35 heavy (non-hydrogen) atoms. The van der Waals surface area contributed by atoms with E-state index in [1.54, 1.807) is 29.1 Å². The van der Waals surface area contributed by atoms with Crippen molar-refractivity contribution in [2.75, 3.05) is 11.9 Å². The van der Waals surface area contributed by atoms with Crippen molar-refractivity contribution >= 4 is 22.6 Å². The van der Waals surface area contributed by atoms with E-state index in [9.17, 15) is 4.79 Å². The second kappa shape index (κ2) is 10.1. The van der Waals surface area contributed by atoms with Crippen LogP contribution in [0.5, 0.6) is 11.5 Å². The Balaban J connectivity index is 1.24. The second-order valence-electron chi connectivity index (χ2n) is 7.87. The molecule has 1 heterocycles. The maximum Gasteiger partial charge on any atom is 0.255 e. The summed E-state index contributed by atoms with van der Waals surface area (Å²) in [4.78, 5) is 14.3. The molecule has 0 saturated carbocycles. The SMILES string of the molecule is CCOc1ccc(-n2nc3ccc(NC(=O)c4ccc(OCc5ccccc5)cc4)cc3n2)cc1. The van der Waals surface area contributed by atoms with Crippen LogP contribution < -0.4 is 14.8 Å². The molecule has 0 aliphatic rings. The molecule has 0 radical (unpaired) electrons. The number of anilines is 1. The molecule has 7 nitrogen and oxygen atoms in total. The van der Waals surface area contributed by atoms with Crippen LogP contribution in [0.25, 0.3) is 16.7 Å². The lowest BCUT2D eigenvalue weighted by Crippen LogP contribution is -2.11. The molecule has 0 aliphatic carbocycles. The minimum Gasteiger partial charge on any atom is -0.494 e. The van der Waals surface area contributed by atoms with Gasteiger partial charge in [0.2, 0.25) is 0 Å². The van der Waals surface area contributed by atoms with Gasteiger partial charge in [0.1, 0.15) is 29.1 Å². The molecule has 0 bridgehead atoms. The first-order valence-corrected chi connectivity index (χ1v) is 11.4. The van der Waals surface area contributed by atoms with Crippen LogP contribution in [0.1, 0.15) is 22.8 Å². The number of amides is 1. The Morgan fingerprint density at radius 2 is 1.49 bits per heavy atom. The van der Waals surface area contributed by atoms with Gasteiger partial charge in [0.25, 0.3) is 5.91 Å². The van der Waals surface area contributed by atoms with E-state index in [4.69, 9.17) is 9.47 Å². The normalized spacial score (nSPS) is 10.8. The van der Waals surface area contributed by atoms with E-state index in [1.807, 2.05) is 79.7 Å². The summed E-state index contributed by atoms with van der Waals surface area (Å²) < 4.78 is 11.3. The van der Waals surface area contributed by atoms with Gasteiger partial charge in [-0.05, 0) is 79.2 Å². The van der Waals surface area contributed by atoms with Crippen molar-refractivity contribution < 1.29 is 14.3 Å². The van der Waals surface area contributed by atoms with Crippen LogP contribution in [0, 0.1) is 0 Å². The lowest BCUT2D eigenvalue weighted by molar-refractivity contribution is 0.102. The molecule has 0 unspecified atom stereocenters. The van der Waals surface area contributed by atoms with Gasteiger partial charge in [0, 0.05) is 11.3 Å². The second-order valence-corrected chi connectivity index (χ2v) is 7.87. The number of benzene rings is 4. The van der Waals surface area contributed by atoms with E-state index < -0.39 is 0 Å². The summed E-state index contributed by atoms with van der Waals surface area (Å²) in [5, 5.41) is 12.0. The molecule has 0 aliphatic heterocycles. The van der Waals surface area contributed by atoms with E-state index in [-0.39, 0.29) is 5.91 Å². The summed E-state index contributed by atoms with van der Waals surface area (Å²) in [5.41, 5.74) is 4.51. The molecule has 5 aromatic rings. The van der Waals surface area contributed by atoms with E-state index >= 15 is 0 Å². The highest BCUT2D eigenvalue weighted by Gasteiger charge is 2.10. The zero-order valence-electron chi connectivity index (χ0n) is 19.2. The van der Waals surface area contributed by atoms with E-state index in [0.717, 1.165) is 22.5 Å². The van der Waals surface area contributed by atoms with Crippen LogP contribution in [0.4, 0.5) is 5.69 Å². The predicted molar refractivity (Wildman–Crippen MR) is 135 cm³/mol. The van der Waals surface area contributed by atoms with Crippen LogP contribution >= 0.6 is 0 Å². The fraction of sp³-hybridized carbons (Fsp3) is 0.107. The zero-order chi connectivity index (χ0) is 24.0. The molecule has 0 saturated heterocycles. The number of ether oxygens (including phenoxy) is 2. The number of nitrogens with zero attached hydrogens (tertiary/aromatic N) is 3. The number of nitrogens with one attached hydrogen (secondary N) is 1. The third-order valence-corrected chi connectivity index (χ3v) is 5.38. The minimum absolute atomic E-state index is 0.210. The Bertz CT molecular complexity index is 1430. The third kappa shape index (κ3) is 5.30. The summed E-state index contributed by atoms with van der Waals surface area (Å²) in [6.45, 7) is 3.04. The first-order chi connectivity index (χ1) is 17.2. The fourth-order valence-electron chi connectivity index (χ4n) is 3.60. The molecule has 4 aromatic carbocycles. The summed E-state index contributed by atoms with van der Waals surface area (Å²) in [7, 11) is 0.